The summed E-state index contributed by atoms with van der Waals surface area (Å²) in [5.41, 5.74) is 4.22. The van der Waals surface area contributed by atoms with Crippen molar-refractivity contribution in [1.29, 1.82) is 0 Å². The molecule has 0 spiro atoms. The normalized spacial score (nSPS) is 13.6. The number of hydrogen-bond donors (Lipinski definition) is 1. The Hall–Kier alpha value is -4.00. The van der Waals surface area contributed by atoms with Crippen molar-refractivity contribution in [2.45, 2.75) is 19.9 Å². The van der Waals surface area contributed by atoms with E-state index in [2.05, 4.69) is 30.4 Å². The molecule has 1 heterocycles. The zero-order chi connectivity index (χ0) is 24.1. The monoisotopic (exact) mass is 459 g/mol. The van der Waals surface area contributed by atoms with Crippen molar-refractivity contribution in [1.82, 2.24) is 4.90 Å². The predicted octanol–water partition coefficient (Wildman–Crippen LogP) is 5.10. The summed E-state index contributed by atoms with van der Waals surface area (Å²) >= 11 is 0. The van der Waals surface area contributed by atoms with Crippen molar-refractivity contribution in [2.75, 3.05) is 37.5 Å². The number of nitrogens with zero attached hydrogens (tertiary/aromatic N) is 2. The minimum atomic E-state index is -0.257. The van der Waals surface area contributed by atoms with Crippen LogP contribution in [0.3, 0.4) is 0 Å². The minimum absolute atomic E-state index is 0.00475. The fourth-order valence-corrected chi connectivity index (χ4v) is 4.10. The summed E-state index contributed by atoms with van der Waals surface area (Å²) < 4.78 is 10.5. The number of carbonyl (C=O) groups is 2. The Morgan fingerprint density at radius 2 is 1.71 bits per heavy atom. The van der Waals surface area contributed by atoms with Crippen molar-refractivity contribution in [3.63, 3.8) is 0 Å². The molecule has 0 atom stereocenters. The van der Waals surface area contributed by atoms with Gasteiger partial charge in [-0.1, -0.05) is 29.8 Å². The molecule has 1 aliphatic rings. The molecule has 1 fully saturated rings. The van der Waals surface area contributed by atoms with E-state index in [4.69, 9.17) is 9.47 Å². The number of methoxy groups -OCH3 is 2. The molecule has 3 aromatic carbocycles. The van der Waals surface area contributed by atoms with Gasteiger partial charge < -0.3 is 19.7 Å². The lowest BCUT2D eigenvalue weighted by molar-refractivity contribution is 0.102. The molecule has 7 heteroatoms. The van der Waals surface area contributed by atoms with E-state index < -0.39 is 0 Å². The maximum Gasteiger partial charge on any atom is 0.324 e. The van der Waals surface area contributed by atoms with Crippen LogP contribution in [0.25, 0.3) is 0 Å². The van der Waals surface area contributed by atoms with E-state index in [1.807, 2.05) is 23.1 Å². The second kappa shape index (κ2) is 10.3. The second-order valence-corrected chi connectivity index (χ2v) is 8.27. The molecule has 0 aliphatic carbocycles. The number of aryl methyl sites for hydroxylation is 1. The molecular weight excluding hydrogens is 430 g/mol. The van der Waals surface area contributed by atoms with Crippen molar-refractivity contribution < 1.29 is 19.1 Å². The van der Waals surface area contributed by atoms with Crippen LogP contribution in [0.2, 0.25) is 0 Å². The second-order valence-electron chi connectivity index (χ2n) is 8.27. The molecular formula is C27H29N3O4. The summed E-state index contributed by atoms with van der Waals surface area (Å²) in [4.78, 5) is 29.5. The lowest BCUT2D eigenvalue weighted by Crippen LogP contribution is -2.49. The van der Waals surface area contributed by atoms with Crippen LogP contribution < -0.4 is 19.7 Å². The zero-order valence-corrected chi connectivity index (χ0v) is 19.7. The van der Waals surface area contributed by atoms with E-state index in [0.29, 0.717) is 35.8 Å². The van der Waals surface area contributed by atoms with Crippen LogP contribution >= 0.6 is 0 Å². The number of rotatable bonds is 7. The number of anilines is 2. The summed E-state index contributed by atoms with van der Waals surface area (Å²) in [6, 6.07) is 20.6. The summed E-state index contributed by atoms with van der Waals surface area (Å²) in [7, 11) is 3.08. The van der Waals surface area contributed by atoms with Crippen LogP contribution in [0.15, 0.2) is 66.7 Å². The fraction of sp³-hybridized carbons (Fsp3) is 0.259. The highest BCUT2D eigenvalue weighted by Crippen LogP contribution is 2.28. The van der Waals surface area contributed by atoms with Crippen LogP contribution in [0.5, 0.6) is 11.5 Å². The summed E-state index contributed by atoms with van der Waals surface area (Å²) in [5, 5.41) is 2.89. The first-order valence-corrected chi connectivity index (χ1v) is 11.2. The highest BCUT2D eigenvalue weighted by atomic mass is 16.5. The maximum atomic E-state index is 13.1. The molecule has 7 nitrogen and oxygen atoms in total. The van der Waals surface area contributed by atoms with Crippen LogP contribution in [-0.2, 0) is 6.54 Å². The van der Waals surface area contributed by atoms with Gasteiger partial charge in [0.1, 0.15) is 0 Å². The van der Waals surface area contributed by atoms with Gasteiger partial charge >= 0.3 is 6.03 Å². The number of urea groups is 1. The molecule has 4 rings (SSSR count). The van der Waals surface area contributed by atoms with Gasteiger partial charge in [0.2, 0.25) is 0 Å². The average molecular weight is 460 g/mol. The molecule has 1 N–H and O–H groups in total. The van der Waals surface area contributed by atoms with E-state index >= 15 is 0 Å². The molecule has 0 radical (unpaired) electrons. The van der Waals surface area contributed by atoms with E-state index in [0.717, 1.165) is 24.2 Å². The molecule has 1 saturated heterocycles. The first-order chi connectivity index (χ1) is 16.5. The van der Waals surface area contributed by atoms with Gasteiger partial charge in [-0.3, -0.25) is 9.69 Å². The number of nitrogens with one attached hydrogen (secondary N) is 1. The molecule has 176 valence electrons. The van der Waals surface area contributed by atoms with E-state index in [-0.39, 0.29) is 11.9 Å². The Kier molecular flexibility index (Phi) is 7.01. The minimum Gasteiger partial charge on any atom is -0.493 e. The molecule has 0 saturated carbocycles. The van der Waals surface area contributed by atoms with E-state index in [9.17, 15) is 9.59 Å². The van der Waals surface area contributed by atoms with E-state index in [1.165, 1.54) is 12.7 Å². The Balaban J connectivity index is 1.42. The average Bonchev–Trinajstić information content (AvgIpc) is 2.85. The Morgan fingerprint density at radius 1 is 0.941 bits per heavy atom. The lowest BCUT2D eigenvalue weighted by atomic mass is 10.1. The highest BCUT2D eigenvalue weighted by molar-refractivity contribution is 6.05. The standard InChI is InChI=1S/C27H29N3O4/c1-19-6-4-7-20(16-19)18-29-14-5-15-30(27(29)32)23-11-9-22(10-12-23)28-26(31)21-8-13-24(33-2)25(17-21)34-3/h4,6-13,16-17H,5,14-15,18H2,1-3H3,(H,28,31). The van der Waals surface area contributed by atoms with Crippen molar-refractivity contribution >= 4 is 23.3 Å². The van der Waals surface area contributed by atoms with Crippen LogP contribution in [-0.4, -0.2) is 44.1 Å². The summed E-state index contributed by atoms with van der Waals surface area (Å²) in [6.07, 6.45) is 0.898. The summed E-state index contributed by atoms with van der Waals surface area (Å²) in [6.45, 7) is 4.05. The smallest absolute Gasteiger partial charge is 0.324 e. The first kappa shape index (κ1) is 23.2. The van der Waals surface area contributed by atoms with Crippen LogP contribution in [0.4, 0.5) is 16.2 Å². The Morgan fingerprint density at radius 3 is 2.41 bits per heavy atom. The molecule has 1 aliphatic heterocycles. The van der Waals surface area contributed by atoms with Gasteiger partial charge in [0.25, 0.3) is 5.91 Å². The number of benzene rings is 3. The largest absolute Gasteiger partial charge is 0.493 e. The van der Waals surface area contributed by atoms with Gasteiger partial charge in [0, 0.05) is 36.6 Å². The third-order valence-corrected chi connectivity index (χ3v) is 5.85. The zero-order valence-electron chi connectivity index (χ0n) is 19.7. The van der Waals surface area contributed by atoms with E-state index in [1.54, 1.807) is 42.3 Å². The molecule has 3 aromatic rings. The van der Waals surface area contributed by atoms with Crippen molar-refractivity contribution in [3.05, 3.63) is 83.4 Å². The lowest BCUT2D eigenvalue weighted by Gasteiger charge is -2.35. The van der Waals surface area contributed by atoms with Crippen molar-refractivity contribution in [3.8, 4) is 11.5 Å². The highest BCUT2D eigenvalue weighted by Gasteiger charge is 2.26. The van der Waals surface area contributed by atoms with Crippen LogP contribution in [0, 0.1) is 6.92 Å². The van der Waals surface area contributed by atoms with Gasteiger partial charge in [-0.15, -0.1) is 0 Å². The van der Waals surface area contributed by atoms with Gasteiger partial charge in [-0.05, 0) is 61.4 Å². The summed E-state index contributed by atoms with van der Waals surface area (Å²) in [5.74, 6) is 0.794. The van der Waals surface area contributed by atoms with Gasteiger partial charge in [-0.25, -0.2) is 4.79 Å². The van der Waals surface area contributed by atoms with Gasteiger partial charge in [0.05, 0.1) is 14.2 Å². The molecule has 3 amide bonds. The third kappa shape index (κ3) is 5.14. The number of ether oxygens (including phenoxy) is 2. The SMILES string of the molecule is COc1ccc(C(=O)Nc2ccc(N3CCCN(Cc4cccc(C)c4)C3=O)cc2)cc1OC. The molecule has 0 unspecified atom stereocenters. The molecule has 34 heavy (non-hydrogen) atoms. The quantitative estimate of drug-likeness (QED) is 0.534. The molecule has 0 aromatic heterocycles. The fourth-order valence-electron chi connectivity index (χ4n) is 4.10. The number of hydrogen-bond acceptors (Lipinski definition) is 4. The first-order valence-electron chi connectivity index (χ1n) is 11.2. The Bertz CT molecular complexity index is 1180. The molecule has 0 bridgehead atoms. The number of amides is 3. The number of carbonyl (C=O) groups excluding carboxylic acids is 2. The van der Waals surface area contributed by atoms with Gasteiger partial charge in [-0.2, -0.15) is 0 Å². The predicted molar refractivity (Wildman–Crippen MR) is 133 cm³/mol. The maximum absolute atomic E-state index is 13.1. The Labute approximate surface area is 199 Å². The topological polar surface area (TPSA) is 71.1 Å². The van der Waals surface area contributed by atoms with Gasteiger partial charge in [0.15, 0.2) is 11.5 Å². The van der Waals surface area contributed by atoms with Crippen molar-refractivity contribution in [2.24, 2.45) is 0 Å². The third-order valence-electron chi connectivity index (χ3n) is 5.85. The van der Waals surface area contributed by atoms with Crippen LogP contribution in [0.1, 0.15) is 27.9 Å².